The molecule has 0 saturated carbocycles. The lowest BCUT2D eigenvalue weighted by Gasteiger charge is -2.19. The van der Waals surface area contributed by atoms with E-state index in [0.29, 0.717) is 30.4 Å². The molecule has 1 saturated heterocycles. The third-order valence-corrected chi connectivity index (χ3v) is 5.31. The van der Waals surface area contributed by atoms with E-state index < -0.39 is 0 Å². The molecule has 28 heavy (non-hydrogen) atoms. The third-order valence-electron chi connectivity index (χ3n) is 5.31. The number of hydrogen-bond donors (Lipinski definition) is 0. The van der Waals surface area contributed by atoms with E-state index in [1.54, 1.807) is 12.0 Å². The van der Waals surface area contributed by atoms with Crippen molar-refractivity contribution in [2.24, 2.45) is 0 Å². The molecule has 1 atom stereocenters. The van der Waals surface area contributed by atoms with E-state index in [2.05, 4.69) is 24.0 Å². The molecule has 0 radical (unpaired) electrons. The molecule has 0 bridgehead atoms. The van der Waals surface area contributed by atoms with Gasteiger partial charge in [-0.3, -0.25) is 4.79 Å². The van der Waals surface area contributed by atoms with Crippen molar-refractivity contribution in [3.05, 3.63) is 58.9 Å². The van der Waals surface area contributed by atoms with E-state index in [1.807, 2.05) is 43.3 Å². The van der Waals surface area contributed by atoms with Crippen molar-refractivity contribution in [3.8, 4) is 17.2 Å². The van der Waals surface area contributed by atoms with Crippen LogP contribution in [0.2, 0.25) is 0 Å². The van der Waals surface area contributed by atoms with Crippen molar-refractivity contribution in [1.29, 1.82) is 0 Å². The van der Waals surface area contributed by atoms with Gasteiger partial charge >= 0.3 is 0 Å². The Morgan fingerprint density at radius 1 is 1.11 bits per heavy atom. The third kappa shape index (κ3) is 3.26. The van der Waals surface area contributed by atoms with E-state index in [-0.39, 0.29) is 11.8 Å². The first-order chi connectivity index (χ1) is 13.5. The maximum Gasteiger partial charge on any atom is 0.257 e. The number of nitrogens with zero attached hydrogens (tertiary/aromatic N) is 3. The van der Waals surface area contributed by atoms with Crippen molar-refractivity contribution in [2.45, 2.75) is 33.1 Å². The molecular formula is C22H23N3O3. The fourth-order valence-electron chi connectivity index (χ4n) is 3.52. The van der Waals surface area contributed by atoms with Crippen LogP contribution in [-0.4, -0.2) is 29.7 Å². The van der Waals surface area contributed by atoms with E-state index in [1.165, 1.54) is 11.1 Å². The maximum absolute atomic E-state index is 12.7. The van der Waals surface area contributed by atoms with Crippen LogP contribution in [0, 0.1) is 20.8 Å². The van der Waals surface area contributed by atoms with Gasteiger partial charge in [0.15, 0.2) is 5.82 Å². The van der Waals surface area contributed by atoms with Crippen LogP contribution in [0.1, 0.15) is 34.9 Å². The highest BCUT2D eigenvalue weighted by atomic mass is 16.5. The minimum atomic E-state index is -0.109. The number of rotatable bonds is 4. The number of carbonyl (C=O) groups is 1. The fraction of sp³-hybridized carbons (Fsp3) is 0.318. The van der Waals surface area contributed by atoms with Crippen molar-refractivity contribution >= 4 is 11.6 Å². The molecule has 1 aliphatic rings. The predicted octanol–water partition coefficient (Wildman–Crippen LogP) is 4.19. The number of methoxy groups -OCH3 is 1. The number of hydrogen-bond acceptors (Lipinski definition) is 5. The van der Waals surface area contributed by atoms with Gasteiger partial charge in [0.05, 0.1) is 12.8 Å². The van der Waals surface area contributed by atoms with Crippen LogP contribution in [0.25, 0.3) is 11.5 Å². The van der Waals surface area contributed by atoms with Gasteiger partial charge in [0, 0.05) is 24.4 Å². The standard InChI is InChI=1S/C22H23N3O3/c1-13-5-8-19(27-4)18(9-13)25-12-17(11-20(25)26)21-23-22(28-24-21)16-7-6-14(2)15(3)10-16/h5-10,17H,11-12H2,1-4H3. The average molecular weight is 377 g/mol. The van der Waals surface area contributed by atoms with Crippen molar-refractivity contribution in [2.75, 3.05) is 18.6 Å². The van der Waals surface area contributed by atoms with Crippen LogP contribution in [0.4, 0.5) is 5.69 Å². The van der Waals surface area contributed by atoms with Crippen LogP contribution < -0.4 is 9.64 Å². The molecule has 0 N–H and O–H groups in total. The molecule has 1 aliphatic heterocycles. The quantitative estimate of drug-likeness (QED) is 0.682. The van der Waals surface area contributed by atoms with Crippen LogP contribution in [-0.2, 0) is 4.79 Å². The zero-order valence-corrected chi connectivity index (χ0v) is 16.5. The van der Waals surface area contributed by atoms with Gasteiger partial charge in [-0.25, -0.2) is 0 Å². The molecule has 0 spiro atoms. The second-order valence-electron chi connectivity index (χ2n) is 7.34. The highest BCUT2D eigenvalue weighted by Crippen LogP contribution is 2.36. The summed E-state index contributed by atoms with van der Waals surface area (Å²) < 4.78 is 10.9. The Hall–Kier alpha value is -3.15. The van der Waals surface area contributed by atoms with Crippen LogP contribution >= 0.6 is 0 Å². The SMILES string of the molecule is COc1ccc(C)cc1N1CC(c2noc(-c3ccc(C)c(C)c3)n2)CC1=O. The Balaban J connectivity index is 1.59. The number of benzene rings is 2. The summed E-state index contributed by atoms with van der Waals surface area (Å²) in [6.45, 7) is 6.62. The first kappa shape index (κ1) is 18.2. The van der Waals surface area contributed by atoms with E-state index >= 15 is 0 Å². The highest BCUT2D eigenvalue weighted by molar-refractivity contribution is 5.97. The predicted molar refractivity (Wildman–Crippen MR) is 107 cm³/mol. The summed E-state index contributed by atoms with van der Waals surface area (Å²) in [6, 6.07) is 11.9. The topological polar surface area (TPSA) is 68.5 Å². The Labute approximate surface area is 164 Å². The molecule has 6 nitrogen and oxygen atoms in total. The second kappa shape index (κ2) is 7.11. The molecule has 1 amide bonds. The number of aromatic nitrogens is 2. The molecule has 4 rings (SSSR count). The van der Waals surface area contributed by atoms with Crippen LogP contribution in [0.15, 0.2) is 40.9 Å². The number of aryl methyl sites for hydroxylation is 3. The summed E-state index contributed by atoms with van der Waals surface area (Å²) in [5.41, 5.74) is 5.14. The zero-order chi connectivity index (χ0) is 19.8. The smallest absolute Gasteiger partial charge is 0.257 e. The van der Waals surface area contributed by atoms with Gasteiger partial charge in [0.25, 0.3) is 5.89 Å². The zero-order valence-electron chi connectivity index (χ0n) is 16.5. The van der Waals surface area contributed by atoms with E-state index in [9.17, 15) is 4.79 Å². The van der Waals surface area contributed by atoms with Gasteiger partial charge in [-0.1, -0.05) is 17.3 Å². The van der Waals surface area contributed by atoms with Gasteiger partial charge in [0.1, 0.15) is 5.75 Å². The van der Waals surface area contributed by atoms with Gasteiger partial charge < -0.3 is 14.2 Å². The molecule has 6 heteroatoms. The van der Waals surface area contributed by atoms with Gasteiger partial charge in [-0.05, 0) is 61.7 Å². The lowest BCUT2D eigenvalue weighted by molar-refractivity contribution is -0.117. The summed E-state index contributed by atoms with van der Waals surface area (Å²) in [7, 11) is 1.61. The molecule has 1 fully saturated rings. The summed E-state index contributed by atoms with van der Waals surface area (Å²) in [6.07, 6.45) is 0.350. The molecule has 3 aromatic rings. The van der Waals surface area contributed by atoms with Crippen molar-refractivity contribution in [3.63, 3.8) is 0 Å². The first-order valence-electron chi connectivity index (χ1n) is 9.32. The molecular weight excluding hydrogens is 354 g/mol. The maximum atomic E-state index is 12.7. The van der Waals surface area contributed by atoms with Gasteiger partial charge in [-0.15, -0.1) is 0 Å². The van der Waals surface area contributed by atoms with Crippen LogP contribution in [0.3, 0.4) is 0 Å². The largest absolute Gasteiger partial charge is 0.495 e. The van der Waals surface area contributed by atoms with Crippen LogP contribution in [0.5, 0.6) is 5.75 Å². The van der Waals surface area contributed by atoms with Gasteiger partial charge in [-0.2, -0.15) is 4.98 Å². The van der Waals surface area contributed by atoms with Crippen molar-refractivity contribution < 1.29 is 14.1 Å². The first-order valence-corrected chi connectivity index (χ1v) is 9.32. The minimum Gasteiger partial charge on any atom is -0.495 e. The number of ether oxygens (including phenoxy) is 1. The average Bonchev–Trinajstić information content (AvgIpc) is 3.31. The number of carbonyl (C=O) groups excluding carboxylic acids is 1. The summed E-state index contributed by atoms with van der Waals surface area (Å²) >= 11 is 0. The Bertz CT molecular complexity index is 1040. The Morgan fingerprint density at radius 2 is 1.93 bits per heavy atom. The summed E-state index contributed by atoms with van der Waals surface area (Å²) in [5, 5.41) is 4.15. The molecule has 2 aromatic carbocycles. The Kier molecular flexibility index (Phi) is 4.63. The van der Waals surface area contributed by atoms with E-state index in [4.69, 9.17) is 9.26 Å². The minimum absolute atomic E-state index is 0.0337. The summed E-state index contributed by atoms with van der Waals surface area (Å²) in [5.74, 6) is 1.66. The van der Waals surface area contributed by atoms with E-state index in [0.717, 1.165) is 16.8 Å². The molecule has 1 aromatic heterocycles. The lowest BCUT2D eigenvalue weighted by Crippen LogP contribution is -2.25. The number of anilines is 1. The Morgan fingerprint density at radius 3 is 2.68 bits per heavy atom. The molecule has 2 heterocycles. The molecule has 144 valence electrons. The highest BCUT2D eigenvalue weighted by Gasteiger charge is 2.36. The normalized spacial score (nSPS) is 16.6. The van der Waals surface area contributed by atoms with Gasteiger partial charge in [0.2, 0.25) is 5.91 Å². The second-order valence-corrected chi connectivity index (χ2v) is 7.34. The fourth-order valence-corrected chi connectivity index (χ4v) is 3.52. The lowest BCUT2D eigenvalue weighted by atomic mass is 10.1. The number of amides is 1. The molecule has 1 unspecified atom stereocenters. The monoisotopic (exact) mass is 377 g/mol. The molecule has 0 aliphatic carbocycles. The van der Waals surface area contributed by atoms with Crippen molar-refractivity contribution in [1.82, 2.24) is 10.1 Å². The summed E-state index contributed by atoms with van der Waals surface area (Å²) in [4.78, 5) is 19.0.